The molecule has 3 amide bonds. The van der Waals surface area contributed by atoms with Crippen LogP contribution in [0.15, 0.2) is 24.3 Å². The van der Waals surface area contributed by atoms with Crippen molar-refractivity contribution < 1.29 is 22.8 Å². The van der Waals surface area contributed by atoms with Gasteiger partial charge in [-0.2, -0.15) is 0 Å². The summed E-state index contributed by atoms with van der Waals surface area (Å²) >= 11 is 0. The SMILES string of the molecule is CC(C)(C)C(=O)Nc1ccc(NC(=O)[C@H]2CC(=O)N([C@H]3CCS(=O)(=O)C3)C2)cc1. The van der Waals surface area contributed by atoms with Gasteiger partial charge in [-0.05, 0) is 30.7 Å². The number of hydrogen-bond acceptors (Lipinski definition) is 5. The third-order valence-corrected chi connectivity index (χ3v) is 7.02. The number of likely N-dealkylation sites (tertiary alicyclic amines) is 1. The predicted octanol–water partition coefficient (Wildman–Crippen LogP) is 1.65. The molecule has 1 aromatic rings. The number of carbonyl (C=O) groups excluding carboxylic acids is 3. The van der Waals surface area contributed by atoms with Crippen LogP contribution >= 0.6 is 0 Å². The Morgan fingerprint density at radius 2 is 1.66 bits per heavy atom. The molecule has 29 heavy (non-hydrogen) atoms. The monoisotopic (exact) mass is 421 g/mol. The van der Waals surface area contributed by atoms with Gasteiger partial charge in [0.05, 0.1) is 17.4 Å². The van der Waals surface area contributed by atoms with Crippen molar-refractivity contribution >= 4 is 38.9 Å². The van der Waals surface area contributed by atoms with Gasteiger partial charge < -0.3 is 15.5 Å². The molecule has 8 nitrogen and oxygen atoms in total. The zero-order chi connectivity index (χ0) is 21.4. The van der Waals surface area contributed by atoms with E-state index in [2.05, 4.69) is 10.6 Å². The number of nitrogens with zero attached hydrogens (tertiary/aromatic N) is 1. The lowest BCUT2D eigenvalue weighted by atomic mass is 9.95. The lowest BCUT2D eigenvalue weighted by Crippen LogP contribution is -2.38. The molecule has 0 bridgehead atoms. The molecule has 0 aromatic heterocycles. The van der Waals surface area contributed by atoms with Gasteiger partial charge >= 0.3 is 0 Å². The molecule has 0 saturated carbocycles. The second-order valence-electron chi connectivity index (χ2n) is 8.77. The van der Waals surface area contributed by atoms with Crippen LogP contribution in [-0.4, -0.2) is 55.1 Å². The number of benzene rings is 1. The average Bonchev–Trinajstić information content (AvgIpc) is 3.18. The molecule has 2 atom stereocenters. The van der Waals surface area contributed by atoms with Gasteiger partial charge in [0.25, 0.3) is 0 Å². The summed E-state index contributed by atoms with van der Waals surface area (Å²) in [5.41, 5.74) is 0.692. The maximum atomic E-state index is 12.6. The van der Waals surface area contributed by atoms with E-state index < -0.39 is 21.2 Å². The Hall–Kier alpha value is -2.42. The molecule has 0 unspecified atom stereocenters. The van der Waals surface area contributed by atoms with Crippen LogP contribution in [0.4, 0.5) is 11.4 Å². The molecule has 2 N–H and O–H groups in total. The minimum atomic E-state index is -3.09. The standard InChI is InChI=1S/C20H27N3O5S/c1-20(2,3)19(26)22-15-6-4-14(5-7-15)21-18(25)13-10-17(24)23(11-13)16-8-9-29(27,28)12-16/h4-7,13,16H,8-12H2,1-3H3,(H,21,25)(H,22,26)/t13-,16-/m0/s1. The van der Waals surface area contributed by atoms with Gasteiger partial charge in [-0.15, -0.1) is 0 Å². The normalized spacial score (nSPS) is 23.8. The molecule has 3 rings (SSSR count). The van der Waals surface area contributed by atoms with E-state index in [9.17, 15) is 22.8 Å². The second-order valence-corrected chi connectivity index (χ2v) is 11.0. The molecule has 0 spiro atoms. The average molecular weight is 422 g/mol. The Kier molecular flexibility index (Phi) is 5.71. The van der Waals surface area contributed by atoms with Gasteiger partial charge in [0.2, 0.25) is 17.7 Å². The Morgan fingerprint density at radius 1 is 1.07 bits per heavy atom. The van der Waals surface area contributed by atoms with Crippen molar-refractivity contribution in [3.63, 3.8) is 0 Å². The first-order chi connectivity index (χ1) is 13.4. The van der Waals surface area contributed by atoms with Gasteiger partial charge in [-0.3, -0.25) is 14.4 Å². The van der Waals surface area contributed by atoms with Crippen molar-refractivity contribution in [2.45, 2.75) is 39.7 Å². The second kappa shape index (κ2) is 7.78. The summed E-state index contributed by atoms with van der Waals surface area (Å²) in [6.45, 7) is 5.71. The molecule has 158 valence electrons. The van der Waals surface area contributed by atoms with E-state index in [1.165, 1.54) is 0 Å². The van der Waals surface area contributed by atoms with Crippen molar-refractivity contribution in [1.82, 2.24) is 4.90 Å². The number of sulfone groups is 1. The van der Waals surface area contributed by atoms with Crippen molar-refractivity contribution in [1.29, 1.82) is 0 Å². The molecule has 9 heteroatoms. The molecule has 2 aliphatic rings. The number of anilines is 2. The molecule has 2 saturated heterocycles. The van der Waals surface area contributed by atoms with E-state index in [0.29, 0.717) is 17.8 Å². The van der Waals surface area contributed by atoms with Gasteiger partial charge in [0, 0.05) is 35.8 Å². The number of hydrogen-bond donors (Lipinski definition) is 2. The summed E-state index contributed by atoms with van der Waals surface area (Å²) in [7, 11) is -3.09. The lowest BCUT2D eigenvalue weighted by Gasteiger charge is -2.23. The van der Waals surface area contributed by atoms with E-state index >= 15 is 0 Å². The topological polar surface area (TPSA) is 113 Å². The first-order valence-corrected chi connectivity index (χ1v) is 11.5. The zero-order valence-corrected chi connectivity index (χ0v) is 17.7. The fourth-order valence-corrected chi connectivity index (χ4v) is 5.21. The minimum Gasteiger partial charge on any atom is -0.338 e. The summed E-state index contributed by atoms with van der Waals surface area (Å²) < 4.78 is 23.3. The fourth-order valence-electron chi connectivity index (χ4n) is 3.48. The van der Waals surface area contributed by atoms with Gasteiger partial charge in [-0.25, -0.2) is 8.42 Å². The Labute approximate surface area is 170 Å². The third kappa shape index (κ3) is 5.14. The molecule has 0 aliphatic carbocycles. The molecular weight excluding hydrogens is 394 g/mol. The van der Waals surface area contributed by atoms with Crippen LogP contribution in [0, 0.1) is 11.3 Å². The van der Waals surface area contributed by atoms with Crippen LogP contribution in [0.3, 0.4) is 0 Å². The first-order valence-electron chi connectivity index (χ1n) is 9.67. The van der Waals surface area contributed by atoms with E-state index in [4.69, 9.17) is 0 Å². The Bertz CT molecular complexity index is 918. The van der Waals surface area contributed by atoms with E-state index in [1.54, 1.807) is 29.2 Å². The van der Waals surface area contributed by atoms with E-state index in [0.717, 1.165) is 0 Å². The van der Waals surface area contributed by atoms with Crippen molar-refractivity contribution in [3.8, 4) is 0 Å². The maximum absolute atomic E-state index is 12.6. The Balaban J connectivity index is 1.57. The molecule has 2 fully saturated rings. The van der Waals surface area contributed by atoms with E-state index in [-0.39, 0.29) is 48.2 Å². The maximum Gasteiger partial charge on any atom is 0.229 e. The predicted molar refractivity (Wildman–Crippen MR) is 110 cm³/mol. The summed E-state index contributed by atoms with van der Waals surface area (Å²) in [6, 6.07) is 6.46. The Morgan fingerprint density at radius 3 is 2.17 bits per heavy atom. The van der Waals surface area contributed by atoms with Crippen LogP contribution in [0.2, 0.25) is 0 Å². The summed E-state index contributed by atoms with van der Waals surface area (Å²) in [5, 5.41) is 5.61. The molecular formula is C20H27N3O5S. The summed E-state index contributed by atoms with van der Waals surface area (Å²) in [6.07, 6.45) is 0.520. The quantitative estimate of drug-likeness (QED) is 0.768. The van der Waals surface area contributed by atoms with Crippen LogP contribution in [-0.2, 0) is 24.2 Å². The fraction of sp³-hybridized carbons (Fsp3) is 0.550. The third-order valence-electron chi connectivity index (χ3n) is 5.27. The van der Waals surface area contributed by atoms with Gasteiger partial charge in [-0.1, -0.05) is 20.8 Å². The highest BCUT2D eigenvalue weighted by atomic mass is 32.2. The lowest BCUT2D eigenvalue weighted by molar-refractivity contribution is -0.129. The van der Waals surface area contributed by atoms with Crippen LogP contribution in [0.1, 0.15) is 33.6 Å². The van der Waals surface area contributed by atoms with Crippen LogP contribution in [0.5, 0.6) is 0 Å². The summed E-state index contributed by atoms with van der Waals surface area (Å²) in [5.74, 6) is -0.981. The van der Waals surface area contributed by atoms with Crippen LogP contribution < -0.4 is 10.6 Å². The number of carbonyl (C=O) groups is 3. The smallest absolute Gasteiger partial charge is 0.229 e. The number of nitrogens with one attached hydrogen (secondary N) is 2. The molecule has 0 radical (unpaired) electrons. The minimum absolute atomic E-state index is 0.0190. The van der Waals surface area contributed by atoms with Crippen molar-refractivity contribution in [2.75, 3.05) is 28.7 Å². The molecule has 1 aromatic carbocycles. The molecule has 2 aliphatic heterocycles. The van der Waals surface area contributed by atoms with Gasteiger partial charge in [0.1, 0.15) is 0 Å². The molecule has 2 heterocycles. The highest BCUT2D eigenvalue weighted by Crippen LogP contribution is 2.27. The first kappa shape index (κ1) is 21.3. The van der Waals surface area contributed by atoms with Crippen molar-refractivity contribution in [3.05, 3.63) is 24.3 Å². The summed E-state index contributed by atoms with van der Waals surface area (Å²) in [4.78, 5) is 38.4. The van der Waals surface area contributed by atoms with Crippen molar-refractivity contribution in [2.24, 2.45) is 11.3 Å². The highest BCUT2D eigenvalue weighted by molar-refractivity contribution is 7.91. The zero-order valence-electron chi connectivity index (χ0n) is 16.9. The largest absolute Gasteiger partial charge is 0.338 e. The van der Waals surface area contributed by atoms with Gasteiger partial charge in [0.15, 0.2) is 9.84 Å². The number of rotatable bonds is 4. The van der Waals surface area contributed by atoms with Crippen LogP contribution in [0.25, 0.3) is 0 Å². The highest BCUT2D eigenvalue weighted by Gasteiger charge is 2.41. The number of amides is 3. The van der Waals surface area contributed by atoms with E-state index in [1.807, 2.05) is 20.8 Å².